The molecule has 20 heavy (non-hydrogen) atoms. The van der Waals surface area contributed by atoms with Gasteiger partial charge in [0.25, 0.3) is 0 Å². The molecule has 0 radical (unpaired) electrons. The van der Waals surface area contributed by atoms with Gasteiger partial charge in [0.15, 0.2) is 0 Å². The summed E-state index contributed by atoms with van der Waals surface area (Å²) >= 11 is 0. The van der Waals surface area contributed by atoms with Crippen LogP contribution in [0.2, 0.25) is 0 Å². The fourth-order valence-corrected chi connectivity index (χ4v) is 3.49. The molecule has 1 saturated carbocycles. The first-order valence-corrected chi connectivity index (χ1v) is 7.56. The first-order chi connectivity index (χ1) is 9.56. The molecule has 1 unspecified atom stereocenters. The number of carbonyl (C=O) groups excluding carboxylic acids is 2. The van der Waals surface area contributed by atoms with Crippen molar-refractivity contribution in [3.05, 3.63) is 0 Å². The van der Waals surface area contributed by atoms with Gasteiger partial charge in [-0.3, -0.25) is 14.5 Å². The third kappa shape index (κ3) is 3.58. The number of nitrogens with zero attached hydrogens (tertiary/aromatic N) is 1. The molecule has 0 aromatic heterocycles. The fraction of sp³-hybridized carbons (Fsp3) is 0.867. The number of amides is 2. The van der Waals surface area contributed by atoms with Crippen molar-refractivity contribution in [2.45, 2.75) is 57.5 Å². The Hall–Kier alpha value is -0.940. The summed E-state index contributed by atoms with van der Waals surface area (Å²) in [5, 5.41) is 9.62. The van der Waals surface area contributed by atoms with Crippen LogP contribution in [0.1, 0.15) is 51.4 Å². The van der Waals surface area contributed by atoms with Crippen LogP contribution in [0, 0.1) is 5.41 Å². The van der Waals surface area contributed by atoms with E-state index in [4.69, 9.17) is 4.74 Å². The molecule has 0 aromatic rings. The van der Waals surface area contributed by atoms with Gasteiger partial charge in [-0.25, -0.2) is 0 Å². The van der Waals surface area contributed by atoms with E-state index in [9.17, 15) is 14.7 Å². The van der Waals surface area contributed by atoms with Gasteiger partial charge in [-0.2, -0.15) is 0 Å². The summed E-state index contributed by atoms with van der Waals surface area (Å²) < 4.78 is 4.85. The SMILES string of the molecule is COCC(O)CCN1C(=O)CC2(CCCCC2)CC1=O. The second kappa shape index (κ2) is 6.68. The maximum Gasteiger partial charge on any atom is 0.229 e. The molecule has 1 heterocycles. The number of imide groups is 1. The maximum atomic E-state index is 12.2. The molecule has 2 rings (SSSR count). The van der Waals surface area contributed by atoms with Crippen molar-refractivity contribution >= 4 is 11.8 Å². The van der Waals surface area contributed by atoms with E-state index in [-0.39, 0.29) is 23.8 Å². The molecule has 2 aliphatic rings. The molecular weight excluding hydrogens is 258 g/mol. The highest BCUT2D eigenvalue weighted by Crippen LogP contribution is 2.45. The van der Waals surface area contributed by atoms with Crippen LogP contribution in [0.25, 0.3) is 0 Å². The summed E-state index contributed by atoms with van der Waals surface area (Å²) in [5.74, 6) is -0.125. The average molecular weight is 283 g/mol. The molecule has 1 saturated heterocycles. The highest BCUT2D eigenvalue weighted by atomic mass is 16.5. The largest absolute Gasteiger partial charge is 0.391 e. The summed E-state index contributed by atoms with van der Waals surface area (Å²) in [4.78, 5) is 25.8. The van der Waals surface area contributed by atoms with Crippen molar-refractivity contribution < 1.29 is 19.4 Å². The van der Waals surface area contributed by atoms with Gasteiger partial charge in [-0.05, 0) is 24.7 Å². The van der Waals surface area contributed by atoms with Crippen LogP contribution in [0.15, 0.2) is 0 Å². The normalized spacial score (nSPS) is 24.2. The Balaban J connectivity index is 1.90. The van der Waals surface area contributed by atoms with Crippen molar-refractivity contribution in [3.8, 4) is 0 Å². The van der Waals surface area contributed by atoms with Crippen LogP contribution in [0.3, 0.4) is 0 Å². The molecule has 1 atom stereocenters. The summed E-state index contributed by atoms with van der Waals surface area (Å²) in [6, 6.07) is 0. The monoisotopic (exact) mass is 283 g/mol. The highest BCUT2D eigenvalue weighted by molar-refractivity contribution is 5.98. The summed E-state index contributed by atoms with van der Waals surface area (Å²) in [7, 11) is 1.52. The molecule has 1 spiro atoms. The lowest BCUT2D eigenvalue weighted by atomic mass is 9.67. The highest BCUT2D eigenvalue weighted by Gasteiger charge is 2.43. The maximum absolute atomic E-state index is 12.2. The Bertz CT molecular complexity index is 343. The molecule has 0 aromatic carbocycles. The van der Waals surface area contributed by atoms with Gasteiger partial charge >= 0.3 is 0 Å². The van der Waals surface area contributed by atoms with Gasteiger partial charge in [0.05, 0.1) is 12.7 Å². The molecular formula is C15H25NO4. The number of hydrogen-bond donors (Lipinski definition) is 1. The number of hydrogen-bond acceptors (Lipinski definition) is 4. The number of carbonyl (C=O) groups is 2. The van der Waals surface area contributed by atoms with Gasteiger partial charge < -0.3 is 9.84 Å². The Morgan fingerprint density at radius 3 is 2.35 bits per heavy atom. The van der Waals surface area contributed by atoms with Crippen LogP contribution in [-0.2, 0) is 14.3 Å². The third-order valence-electron chi connectivity index (χ3n) is 4.61. The van der Waals surface area contributed by atoms with Crippen LogP contribution < -0.4 is 0 Å². The second-order valence-electron chi connectivity index (χ2n) is 6.25. The zero-order valence-corrected chi connectivity index (χ0v) is 12.3. The number of rotatable bonds is 5. The van der Waals surface area contributed by atoms with Gasteiger partial charge in [-0.1, -0.05) is 19.3 Å². The Morgan fingerprint density at radius 2 is 1.80 bits per heavy atom. The predicted octanol–water partition coefficient (Wildman–Crippen LogP) is 1.48. The van der Waals surface area contributed by atoms with E-state index >= 15 is 0 Å². The number of aliphatic hydroxyl groups excluding tert-OH is 1. The molecule has 2 fully saturated rings. The molecule has 5 heteroatoms. The zero-order chi connectivity index (χ0) is 14.6. The summed E-state index contributed by atoms with van der Waals surface area (Å²) in [6.45, 7) is 0.540. The van der Waals surface area contributed by atoms with E-state index in [2.05, 4.69) is 0 Å². The lowest BCUT2D eigenvalue weighted by Gasteiger charge is -2.42. The van der Waals surface area contributed by atoms with Gasteiger partial charge in [0, 0.05) is 26.5 Å². The van der Waals surface area contributed by atoms with Crippen LogP contribution >= 0.6 is 0 Å². The Labute approximate surface area is 120 Å². The van der Waals surface area contributed by atoms with Crippen molar-refractivity contribution in [3.63, 3.8) is 0 Å². The summed E-state index contributed by atoms with van der Waals surface area (Å²) in [6.07, 6.45) is 6.26. The van der Waals surface area contributed by atoms with Crippen LogP contribution in [-0.4, -0.2) is 48.2 Å². The van der Waals surface area contributed by atoms with E-state index < -0.39 is 6.10 Å². The first-order valence-electron chi connectivity index (χ1n) is 7.56. The van der Waals surface area contributed by atoms with Crippen molar-refractivity contribution in [2.75, 3.05) is 20.3 Å². The summed E-state index contributed by atoms with van der Waals surface area (Å²) in [5.41, 5.74) is -0.0614. The molecule has 114 valence electrons. The Kier molecular flexibility index (Phi) is 5.16. The second-order valence-corrected chi connectivity index (χ2v) is 6.25. The average Bonchev–Trinajstić information content (AvgIpc) is 2.38. The lowest BCUT2D eigenvalue weighted by molar-refractivity contribution is -0.155. The fourth-order valence-electron chi connectivity index (χ4n) is 3.49. The third-order valence-corrected chi connectivity index (χ3v) is 4.61. The van der Waals surface area contributed by atoms with Gasteiger partial charge in [0.1, 0.15) is 0 Å². The van der Waals surface area contributed by atoms with Gasteiger partial charge in [0.2, 0.25) is 11.8 Å². The Morgan fingerprint density at radius 1 is 1.20 bits per heavy atom. The van der Waals surface area contributed by atoms with E-state index in [1.165, 1.54) is 18.4 Å². The standard InChI is InChI=1S/C15H25NO4/c1-20-11-12(17)5-8-16-13(18)9-15(10-14(16)19)6-3-2-4-7-15/h12,17H,2-11H2,1H3. The van der Waals surface area contributed by atoms with Crippen molar-refractivity contribution in [2.24, 2.45) is 5.41 Å². The number of methoxy groups -OCH3 is 1. The van der Waals surface area contributed by atoms with Crippen molar-refractivity contribution in [1.29, 1.82) is 0 Å². The minimum Gasteiger partial charge on any atom is -0.391 e. The quantitative estimate of drug-likeness (QED) is 0.776. The van der Waals surface area contributed by atoms with E-state index in [0.717, 1.165) is 25.7 Å². The van der Waals surface area contributed by atoms with E-state index in [1.54, 1.807) is 0 Å². The van der Waals surface area contributed by atoms with Gasteiger partial charge in [-0.15, -0.1) is 0 Å². The molecule has 0 bridgehead atoms. The number of ether oxygens (including phenoxy) is 1. The number of piperidine rings is 1. The van der Waals surface area contributed by atoms with E-state index in [1.807, 2.05) is 0 Å². The first kappa shape index (κ1) is 15.4. The molecule has 5 nitrogen and oxygen atoms in total. The molecule has 2 amide bonds. The van der Waals surface area contributed by atoms with Crippen molar-refractivity contribution in [1.82, 2.24) is 4.90 Å². The zero-order valence-electron chi connectivity index (χ0n) is 12.3. The molecule has 1 N–H and O–H groups in total. The topological polar surface area (TPSA) is 66.8 Å². The lowest BCUT2D eigenvalue weighted by Crippen LogP contribution is -2.49. The minimum absolute atomic E-state index is 0.0614. The van der Waals surface area contributed by atoms with Crippen LogP contribution in [0.4, 0.5) is 0 Å². The minimum atomic E-state index is -0.619. The van der Waals surface area contributed by atoms with E-state index in [0.29, 0.717) is 25.8 Å². The number of aliphatic hydroxyl groups is 1. The molecule has 1 aliphatic heterocycles. The predicted molar refractivity (Wildman–Crippen MR) is 74.0 cm³/mol. The van der Waals surface area contributed by atoms with Crippen LogP contribution in [0.5, 0.6) is 0 Å². The number of likely N-dealkylation sites (tertiary alicyclic amines) is 1. The molecule has 1 aliphatic carbocycles. The smallest absolute Gasteiger partial charge is 0.229 e.